The van der Waals surface area contributed by atoms with Crippen LogP contribution in [0.5, 0.6) is 0 Å². The zero-order valence-corrected chi connectivity index (χ0v) is 11.3. The van der Waals surface area contributed by atoms with Gasteiger partial charge in [0.15, 0.2) is 0 Å². The number of nitrogens with one attached hydrogen (secondary N) is 1. The summed E-state index contributed by atoms with van der Waals surface area (Å²) in [5, 5.41) is 3.61. The molecule has 0 aromatic rings. The second-order valence-electron chi connectivity index (χ2n) is 5.08. The Balaban J connectivity index is 2.12. The van der Waals surface area contributed by atoms with Crippen LogP contribution in [0.3, 0.4) is 0 Å². The lowest BCUT2D eigenvalue weighted by Gasteiger charge is -2.35. The van der Waals surface area contributed by atoms with Crippen LogP contribution in [0.2, 0.25) is 0 Å². The van der Waals surface area contributed by atoms with Crippen molar-refractivity contribution in [2.24, 2.45) is 0 Å². The summed E-state index contributed by atoms with van der Waals surface area (Å²) in [5.74, 6) is 0. The molecule has 3 heteroatoms. The van der Waals surface area contributed by atoms with E-state index in [0.717, 1.165) is 13.2 Å². The minimum Gasteiger partial charge on any atom is -0.377 e. The molecule has 1 atom stereocenters. The summed E-state index contributed by atoms with van der Waals surface area (Å²) in [6.45, 7) is 13.0. The number of nitrogens with zero attached hydrogens (tertiary/aromatic N) is 1. The summed E-state index contributed by atoms with van der Waals surface area (Å²) < 4.78 is 5.52. The Bertz CT molecular complexity index is 177. The first-order valence-corrected chi connectivity index (χ1v) is 6.72. The van der Waals surface area contributed by atoms with Crippen molar-refractivity contribution in [3.63, 3.8) is 0 Å². The van der Waals surface area contributed by atoms with Crippen molar-refractivity contribution >= 4 is 0 Å². The van der Waals surface area contributed by atoms with Crippen LogP contribution in [0.25, 0.3) is 0 Å². The highest BCUT2D eigenvalue weighted by Gasteiger charge is 2.20. The third-order valence-corrected chi connectivity index (χ3v) is 3.41. The fraction of sp³-hybridized carbons (Fsp3) is 1.00. The Morgan fingerprint density at radius 3 is 2.38 bits per heavy atom. The predicted octanol–water partition coefficient (Wildman–Crippen LogP) is 1.87. The van der Waals surface area contributed by atoms with Crippen molar-refractivity contribution < 1.29 is 4.74 Å². The zero-order chi connectivity index (χ0) is 12.0. The molecule has 1 unspecified atom stereocenters. The largest absolute Gasteiger partial charge is 0.377 e. The highest BCUT2D eigenvalue weighted by molar-refractivity contribution is 4.79. The van der Waals surface area contributed by atoms with E-state index >= 15 is 0 Å². The molecule has 0 aliphatic carbocycles. The molecule has 1 saturated heterocycles. The molecular formula is C13H28N2O. The van der Waals surface area contributed by atoms with Gasteiger partial charge in [0, 0.05) is 25.2 Å². The van der Waals surface area contributed by atoms with Gasteiger partial charge in [-0.15, -0.1) is 0 Å². The summed E-state index contributed by atoms with van der Waals surface area (Å²) in [6, 6.07) is 1.39. The molecule has 0 spiro atoms. The van der Waals surface area contributed by atoms with Crippen LogP contribution < -0.4 is 5.32 Å². The van der Waals surface area contributed by atoms with Gasteiger partial charge in [0.25, 0.3) is 0 Å². The Hall–Kier alpha value is -0.120. The van der Waals surface area contributed by atoms with Crippen molar-refractivity contribution in [2.45, 2.75) is 58.7 Å². The quantitative estimate of drug-likeness (QED) is 0.751. The van der Waals surface area contributed by atoms with Crippen LogP contribution >= 0.6 is 0 Å². The molecule has 0 aromatic heterocycles. The summed E-state index contributed by atoms with van der Waals surface area (Å²) in [4.78, 5) is 2.56. The Morgan fingerprint density at radius 2 is 1.88 bits per heavy atom. The maximum Gasteiger partial charge on any atom is 0.0671 e. The van der Waals surface area contributed by atoms with Gasteiger partial charge in [-0.1, -0.05) is 0 Å². The second-order valence-corrected chi connectivity index (χ2v) is 5.08. The van der Waals surface area contributed by atoms with Gasteiger partial charge in [0.05, 0.1) is 6.10 Å². The Kier molecular flexibility index (Phi) is 6.32. The Morgan fingerprint density at radius 1 is 1.25 bits per heavy atom. The highest BCUT2D eigenvalue weighted by Crippen LogP contribution is 2.12. The maximum atomic E-state index is 5.52. The van der Waals surface area contributed by atoms with Crippen molar-refractivity contribution in [1.29, 1.82) is 0 Å². The molecule has 1 aliphatic heterocycles. The normalized spacial score (nSPS) is 21.6. The van der Waals surface area contributed by atoms with E-state index in [1.165, 1.54) is 25.9 Å². The van der Waals surface area contributed by atoms with Crippen LogP contribution in [-0.4, -0.2) is 49.3 Å². The number of rotatable bonds is 6. The SMILES string of the molecule is CCOC(C)CNC1CCN(C(C)C)CC1. The summed E-state index contributed by atoms with van der Waals surface area (Å²) in [6.07, 6.45) is 2.89. The smallest absolute Gasteiger partial charge is 0.0671 e. The van der Waals surface area contributed by atoms with Gasteiger partial charge >= 0.3 is 0 Å². The van der Waals surface area contributed by atoms with Gasteiger partial charge < -0.3 is 15.0 Å². The molecule has 0 aromatic carbocycles. The predicted molar refractivity (Wildman–Crippen MR) is 68.8 cm³/mol. The van der Waals surface area contributed by atoms with Gasteiger partial charge in [-0.3, -0.25) is 0 Å². The molecule has 1 fully saturated rings. The minimum absolute atomic E-state index is 0.341. The van der Waals surface area contributed by atoms with Gasteiger partial charge in [0.1, 0.15) is 0 Å². The lowest BCUT2D eigenvalue weighted by atomic mass is 10.0. The molecule has 0 saturated carbocycles. The van der Waals surface area contributed by atoms with E-state index in [2.05, 4.69) is 37.9 Å². The first-order chi connectivity index (χ1) is 7.63. The first kappa shape index (κ1) is 13.9. The van der Waals surface area contributed by atoms with Gasteiger partial charge in [-0.25, -0.2) is 0 Å². The molecule has 16 heavy (non-hydrogen) atoms. The van der Waals surface area contributed by atoms with Crippen LogP contribution in [0.4, 0.5) is 0 Å². The van der Waals surface area contributed by atoms with Gasteiger partial charge in [-0.2, -0.15) is 0 Å². The van der Waals surface area contributed by atoms with Crippen LogP contribution in [0.15, 0.2) is 0 Å². The van der Waals surface area contributed by atoms with Crippen molar-refractivity contribution in [3.8, 4) is 0 Å². The van der Waals surface area contributed by atoms with Gasteiger partial charge in [0.2, 0.25) is 0 Å². The van der Waals surface area contributed by atoms with E-state index in [1.54, 1.807) is 0 Å². The minimum atomic E-state index is 0.341. The van der Waals surface area contributed by atoms with Crippen molar-refractivity contribution in [3.05, 3.63) is 0 Å². The fourth-order valence-electron chi connectivity index (χ4n) is 2.30. The Labute approximate surface area is 101 Å². The third-order valence-electron chi connectivity index (χ3n) is 3.41. The first-order valence-electron chi connectivity index (χ1n) is 6.72. The monoisotopic (exact) mass is 228 g/mol. The average molecular weight is 228 g/mol. The number of hydrogen-bond acceptors (Lipinski definition) is 3. The standard InChI is InChI=1S/C13H28N2O/c1-5-16-12(4)10-14-13-6-8-15(9-7-13)11(2)3/h11-14H,5-10H2,1-4H3. The van der Waals surface area contributed by atoms with E-state index in [9.17, 15) is 0 Å². The van der Waals surface area contributed by atoms with E-state index in [-0.39, 0.29) is 0 Å². The molecule has 0 radical (unpaired) electrons. The summed E-state index contributed by atoms with van der Waals surface area (Å²) >= 11 is 0. The number of likely N-dealkylation sites (tertiary alicyclic amines) is 1. The molecule has 0 amide bonds. The van der Waals surface area contributed by atoms with E-state index < -0.39 is 0 Å². The molecule has 1 heterocycles. The molecular weight excluding hydrogens is 200 g/mol. The molecule has 3 nitrogen and oxygen atoms in total. The van der Waals surface area contributed by atoms with E-state index in [0.29, 0.717) is 18.2 Å². The van der Waals surface area contributed by atoms with Crippen molar-refractivity contribution in [1.82, 2.24) is 10.2 Å². The van der Waals surface area contributed by atoms with Gasteiger partial charge in [-0.05, 0) is 53.6 Å². The van der Waals surface area contributed by atoms with E-state index in [4.69, 9.17) is 4.74 Å². The van der Waals surface area contributed by atoms with Crippen molar-refractivity contribution in [2.75, 3.05) is 26.2 Å². The summed E-state index contributed by atoms with van der Waals surface area (Å²) in [5.41, 5.74) is 0. The van der Waals surface area contributed by atoms with E-state index in [1.807, 2.05) is 0 Å². The highest BCUT2D eigenvalue weighted by atomic mass is 16.5. The summed E-state index contributed by atoms with van der Waals surface area (Å²) in [7, 11) is 0. The number of piperidine rings is 1. The van der Waals surface area contributed by atoms with Crippen LogP contribution in [0, 0.1) is 0 Å². The third kappa shape index (κ3) is 4.81. The average Bonchev–Trinajstić information content (AvgIpc) is 2.27. The maximum absolute atomic E-state index is 5.52. The van der Waals surface area contributed by atoms with Crippen LogP contribution in [0.1, 0.15) is 40.5 Å². The molecule has 1 N–H and O–H groups in total. The lowest BCUT2D eigenvalue weighted by molar-refractivity contribution is 0.0698. The number of ether oxygens (including phenoxy) is 1. The molecule has 1 aliphatic rings. The molecule has 0 bridgehead atoms. The lowest BCUT2D eigenvalue weighted by Crippen LogP contribution is -2.46. The number of hydrogen-bond donors (Lipinski definition) is 1. The van der Waals surface area contributed by atoms with Crippen LogP contribution in [-0.2, 0) is 4.74 Å². The fourth-order valence-corrected chi connectivity index (χ4v) is 2.30. The zero-order valence-electron chi connectivity index (χ0n) is 11.3. The topological polar surface area (TPSA) is 24.5 Å². The second kappa shape index (κ2) is 7.25. The molecule has 96 valence electrons. The molecule has 1 rings (SSSR count).